The highest BCUT2D eigenvalue weighted by atomic mass is 16.5. The Morgan fingerprint density at radius 3 is 2.33 bits per heavy atom. The van der Waals surface area contributed by atoms with Crippen molar-refractivity contribution in [2.24, 2.45) is 0 Å². The molecule has 24 heavy (non-hydrogen) atoms. The van der Waals surface area contributed by atoms with Crippen molar-refractivity contribution >= 4 is 11.6 Å². The lowest BCUT2D eigenvalue weighted by Gasteiger charge is -2.13. The van der Waals surface area contributed by atoms with Gasteiger partial charge in [-0.15, -0.1) is 0 Å². The third-order valence-corrected chi connectivity index (χ3v) is 3.96. The molecule has 0 aliphatic carbocycles. The third kappa shape index (κ3) is 3.46. The fraction of sp³-hybridized carbons (Fsp3) is 0.0952. The lowest BCUT2D eigenvalue weighted by molar-refractivity contribution is 0.102. The van der Waals surface area contributed by atoms with Crippen LogP contribution in [0.3, 0.4) is 0 Å². The second-order valence-corrected chi connectivity index (χ2v) is 5.61. The van der Waals surface area contributed by atoms with Gasteiger partial charge in [-0.05, 0) is 55.3 Å². The van der Waals surface area contributed by atoms with Crippen LogP contribution in [-0.4, -0.2) is 5.91 Å². The number of hydrogen-bond acceptors (Lipinski definition) is 2. The minimum absolute atomic E-state index is 0.185. The number of carbonyl (C=O) groups is 1. The summed E-state index contributed by atoms with van der Waals surface area (Å²) in [5, 5.41) is 2.97. The molecule has 0 spiro atoms. The molecule has 0 radical (unpaired) electrons. The maximum Gasteiger partial charge on any atom is 0.259 e. The van der Waals surface area contributed by atoms with Crippen LogP contribution >= 0.6 is 0 Å². The van der Waals surface area contributed by atoms with E-state index in [0.717, 1.165) is 16.8 Å². The van der Waals surface area contributed by atoms with Crippen molar-refractivity contribution in [3.05, 3.63) is 89.5 Å². The van der Waals surface area contributed by atoms with Gasteiger partial charge in [-0.25, -0.2) is 0 Å². The Morgan fingerprint density at radius 2 is 1.54 bits per heavy atom. The molecule has 0 atom stereocenters. The zero-order valence-corrected chi connectivity index (χ0v) is 13.7. The zero-order chi connectivity index (χ0) is 16.9. The van der Waals surface area contributed by atoms with Crippen molar-refractivity contribution in [1.82, 2.24) is 0 Å². The van der Waals surface area contributed by atoms with Crippen molar-refractivity contribution in [2.75, 3.05) is 5.32 Å². The van der Waals surface area contributed by atoms with Gasteiger partial charge in [0.15, 0.2) is 0 Å². The van der Waals surface area contributed by atoms with Crippen LogP contribution < -0.4 is 10.1 Å². The standard InChI is InChI=1S/C21H19NO2/c1-15-9-8-13-19(16(15)2)22-21(23)18-12-6-7-14-20(18)24-17-10-4-3-5-11-17/h3-14H,1-2H3,(H,22,23). The minimum Gasteiger partial charge on any atom is -0.457 e. The fourth-order valence-electron chi connectivity index (χ4n) is 2.43. The van der Waals surface area contributed by atoms with Gasteiger partial charge in [0, 0.05) is 5.69 Å². The summed E-state index contributed by atoms with van der Waals surface area (Å²) < 4.78 is 5.86. The second kappa shape index (κ2) is 7.01. The summed E-state index contributed by atoms with van der Waals surface area (Å²) in [7, 11) is 0. The van der Waals surface area contributed by atoms with Gasteiger partial charge in [0.25, 0.3) is 5.91 Å². The molecule has 1 N–H and O–H groups in total. The molecule has 0 aliphatic heterocycles. The average Bonchev–Trinajstić information content (AvgIpc) is 2.60. The van der Waals surface area contributed by atoms with Crippen molar-refractivity contribution in [3.8, 4) is 11.5 Å². The number of para-hydroxylation sites is 2. The van der Waals surface area contributed by atoms with E-state index in [4.69, 9.17) is 4.74 Å². The molecule has 0 bridgehead atoms. The summed E-state index contributed by atoms with van der Waals surface area (Å²) in [6.45, 7) is 4.02. The van der Waals surface area contributed by atoms with Crippen LogP contribution in [0.25, 0.3) is 0 Å². The number of amides is 1. The van der Waals surface area contributed by atoms with Crippen LogP contribution in [0, 0.1) is 13.8 Å². The van der Waals surface area contributed by atoms with E-state index in [1.807, 2.05) is 74.5 Å². The molecule has 0 heterocycles. The van der Waals surface area contributed by atoms with Gasteiger partial charge in [-0.2, -0.15) is 0 Å². The molecular formula is C21H19NO2. The molecule has 0 aliphatic rings. The van der Waals surface area contributed by atoms with Crippen molar-refractivity contribution in [1.29, 1.82) is 0 Å². The number of ether oxygens (including phenoxy) is 1. The quantitative estimate of drug-likeness (QED) is 0.704. The van der Waals surface area contributed by atoms with E-state index in [1.54, 1.807) is 12.1 Å². The average molecular weight is 317 g/mol. The van der Waals surface area contributed by atoms with Crippen LogP contribution in [-0.2, 0) is 0 Å². The molecule has 0 saturated heterocycles. The van der Waals surface area contributed by atoms with E-state index in [2.05, 4.69) is 5.32 Å². The predicted octanol–water partition coefficient (Wildman–Crippen LogP) is 5.35. The van der Waals surface area contributed by atoms with Gasteiger partial charge in [-0.1, -0.05) is 42.5 Å². The Bertz CT molecular complexity index is 857. The largest absolute Gasteiger partial charge is 0.457 e. The monoisotopic (exact) mass is 317 g/mol. The number of nitrogens with one attached hydrogen (secondary N) is 1. The van der Waals surface area contributed by atoms with Crippen molar-refractivity contribution < 1.29 is 9.53 Å². The predicted molar refractivity (Wildman–Crippen MR) is 96.8 cm³/mol. The molecule has 3 aromatic rings. The molecule has 3 heteroatoms. The molecular weight excluding hydrogens is 298 g/mol. The Balaban J connectivity index is 1.86. The topological polar surface area (TPSA) is 38.3 Å². The van der Waals surface area contributed by atoms with Gasteiger partial charge >= 0.3 is 0 Å². The minimum atomic E-state index is -0.185. The van der Waals surface area contributed by atoms with Gasteiger partial charge in [-0.3, -0.25) is 4.79 Å². The van der Waals surface area contributed by atoms with Crippen LogP contribution in [0.1, 0.15) is 21.5 Å². The maximum atomic E-state index is 12.7. The first-order chi connectivity index (χ1) is 11.6. The molecule has 3 nitrogen and oxygen atoms in total. The summed E-state index contributed by atoms with van der Waals surface area (Å²) in [5.74, 6) is 1.05. The summed E-state index contributed by atoms with van der Waals surface area (Å²) in [4.78, 5) is 12.7. The third-order valence-electron chi connectivity index (χ3n) is 3.96. The van der Waals surface area contributed by atoms with Gasteiger partial charge < -0.3 is 10.1 Å². The summed E-state index contributed by atoms with van der Waals surface area (Å²) in [6, 6.07) is 22.5. The molecule has 0 fully saturated rings. The number of carbonyl (C=O) groups excluding carboxylic acids is 1. The highest BCUT2D eigenvalue weighted by Crippen LogP contribution is 2.26. The van der Waals surface area contributed by atoms with Gasteiger partial charge in [0.05, 0.1) is 5.56 Å². The number of anilines is 1. The molecule has 120 valence electrons. The fourth-order valence-corrected chi connectivity index (χ4v) is 2.43. The Labute approximate surface area is 141 Å². The summed E-state index contributed by atoms with van der Waals surface area (Å²) in [6.07, 6.45) is 0. The smallest absolute Gasteiger partial charge is 0.259 e. The lowest BCUT2D eigenvalue weighted by atomic mass is 10.1. The molecule has 0 saturated carbocycles. The molecule has 1 amide bonds. The van der Waals surface area contributed by atoms with Crippen molar-refractivity contribution in [3.63, 3.8) is 0 Å². The van der Waals surface area contributed by atoms with Crippen LogP contribution in [0.4, 0.5) is 5.69 Å². The number of aryl methyl sites for hydroxylation is 1. The molecule has 3 aromatic carbocycles. The van der Waals surface area contributed by atoms with Gasteiger partial charge in [0.2, 0.25) is 0 Å². The second-order valence-electron chi connectivity index (χ2n) is 5.61. The zero-order valence-electron chi connectivity index (χ0n) is 13.7. The maximum absolute atomic E-state index is 12.7. The van der Waals surface area contributed by atoms with Crippen LogP contribution in [0.15, 0.2) is 72.8 Å². The Hall–Kier alpha value is -3.07. The Morgan fingerprint density at radius 1 is 0.833 bits per heavy atom. The highest BCUT2D eigenvalue weighted by Gasteiger charge is 2.14. The first-order valence-corrected chi connectivity index (χ1v) is 7.84. The summed E-state index contributed by atoms with van der Waals surface area (Å²) in [5.41, 5.74) is 3.52. The lowest BCUT2D eigenvalue weighted by Crippen LogP contribution is -2.14. The number of rotatable bonds is 4. The van der Waals surface area contributed by atoms with Crippen molar-refractivity contribution in [2.45, 2.75) is 13.8 Å². The van der Waals surface area contributed by atoms with E-state index < -0.39 is 0 Å². The van der Waals surface area contributed by atoms with E-state index in [1.165, 1.54) is 0 Å². The van der Waals surface area contributed by atoms with Gasteiger partial charge in [0.1, 0.15) is 11.5 Å². The van der Waals surface area contributed by atoms with Crippen LogP contribution in [0.5, 0.6) is 11.5 Å². The first kappa shape index (κ1) is 15.8. The normalized spacial score (nSPS) is 10.2. The highest BCUT2D eigenvalue weighted by molar-refractivity contribution is 6.06. The van der Waals surface area contributed by atoms with E-state index >= 15 is 0 Å². The van der Waals surface area contributed by atoms with E-state index in [9.17, 15) is 4.79 Å². The summed E-state index contributed by atoms with van der Waals surface area (Å²) >= 11 is 0. The number of hydrogen-bond donors (Lipinski definition) is 1. The van der Waals surface area contributed by atoms with E-state index in [0.29, 0.717) is 17.1 Å². The Kier molecular flexibility index (Phi) is 4.62. The SMILES string of the molecule is Cc1cccc(NC(=O)c2ccccc2Oc2ccccc2)c1C. The molecule has 0 aromatic heterocycles. The number of benzene rings is 3. The first-order valence-electron chi connectivity index (χ1n) is 7.84. The molecule has 0 unspecified atom stereocenters. The van der Waals surface area contributed by atoms with Crippen LogP contribution in [0.2, 0.25) is 0 Å². The molecule has 3 rings (SSSR count). The van der Waals surface area contributed by atoms with E-state index in [-0.39, 0.29) is 5.91 Å².